The highest BCUT2D eigenvalue weighted by Crippen LogP contribution is 2.16. The Labute approximate surface area is 83.8 Å². The zero-order valence-corrected chi connectivity index (χ0v) is 8.67. The molecule has 1 fully saturated rings. The van der Waals surface area contributed by atoms with Crippen LogP contribution in [0.3, 0.4) is 0 Å². The van der Waals surface area contributed by atoms with E-state index < -0.39 is 5.60 Å². The van der Waals surface area contributed by atoms with E-state index in [2.05, 4.69) is 10.6 Å². The van der Waals surface area contributed by atoms with E-state index in [1.54, 1.807) is 14.0 Å². The first-order valence-corrected chi connectivity index (χ1v) is 4.82. The third kappa shape index (κ3) is 2.94. The first-order valence-electron chi connectivity index (χ1n) is 4.82. The molecule has 5 nitrogen and oxygen atoms in total. The highest BCUT2D eigenvalue weighted by Gasteiger charge is 2.32. The van der Waals surface area contributed by atoms with E-state index in [1.807, 2.05) is 0 Å². The molecule has 3 N–H and O–H groups in total. The zero-order valence-electron chi connectivity index (χ0n) is 8.67. The fourth-order valence-electron chi connectivity index (χ4n) is 1.27. The second kappa shape index (κ2) is 4.72. The molecule has 1 aliphatic heterocycles. The molecule has 1 aliphatic rings. The van der Waals surface area contributed by atoms with E-state index in [1.165, 1.54) is 0 Å². The first kappa shape index (κ1) is 11.4. The molecule has 0 bridgehead atoms. The van der Waals surface area contributed by atoms with Crippen LogP contribution < -0.4 is 10.6 Å². The number of hydrogen-bond acceptors (Lipinski definition) is 4. The molecule has 82 valence electrons. The fourth-order valence-corrected chi connectivity index (χ4v) is 1.27. The second-order valence-electron chi connectivity index (χ2n) is 3.76. The van der Waals surface area contributed by atoms with Crippen molar-refractivity contribution in [1.82, 2.24) is 10.6 Å². The van der Waals surface area contributed by atoms with Crippen LogP contribution in [0, 0.1) is 0 Å². The maximum absolute atomic E-state index is 11.3. The molecule has 1 heterocycles. The molecule has 0 aromatic carbocycles. The van der Waals surface area contributed by atoms with Gasteiger partial charge in [-0.05, 0) is 14.0 Å². The molecular weight excluding hydrogens is 184 g/mol. The number of ether oxygens (including phenoxy) is 1. The van der Waals surface area contributed by atoms with Crippen LogP contribution in [0.25, 0.3) is 0 Å². The summed E-state index contributed by atoms with van der Waals surface area (Å²) in [5, 5.41) is 15.3. The molecule has 0 radical (unpaired) electrons. The van der Waals surface area contributed by atoms with Crippen LogP contribution in [-0.2, 0) is 9.53 Å². The monoisotopic (exact) mass is 202 g/mol. The number of carbonyl (C=O) groups is 1. The lowest BCUT2D eigenvalue weighted by atomic mass is 10.0. The largest absolute Gasteiger partial charge is 0.386 e. The summed E-state index contributed by atoms with van der Waals surface area (Å²) in [7, 11) is 1.72. The van der Waals surface area contributed by atoms with Crippen molar-refractivity contribution in [3.63, 3.8) is 0 Å². The van der Waals surface area contributed by atoms with Crippen LogP contribution in [0.15, 0.2) is 0 Å². The lowest BCUT2D eigenvalue weighted by Gasteiger charge is -2.21. The molecule has 0 aromatic rings. The predicted octanol–water partition coefficient (Wildman–Crippen LogP) is -1.14. The molecule has 1 saturated heterocycles. The van der Waals surface area contributed by atoms with E-state index in [-0.39, 0.29) is 18.5 Å². The average Bonchev–Trinajstić information content (AvgIpc) is 2.61. The maximum Gasteiger partial charge on any atom is 0.236 e. The van der Waals surface area contributed by atoms with Crippen molar-refractivity contribution in [3.8, 4) is 0 Å². The van der Waals surface area contributed by atoms with Gasteiger partial charge in [0.1, 0.15) is 5.60 Å². The van der Waals surface area contributed by atoms with Crippen molar-refractivity contribution in [2.24, 2.45) is 0 Å². The number of hydrogen-bond donors (Lipinski definition) is 3. The number of nitrogens with one attached hydrogen (secondary N) is 2. The summed E-state index contributed by atoms with van der Waals surface area (Å²) in [6, 6.07) is -0.235. The van der Waals surface area contributed by atoms with Gasteiger partial charge in [-0.15, -0.1) is 0 Å². The number of likely N-dealkylation sites (N-methyl/N-ethyl adjacent to an activating group) is 1. The second-order valence-corrected chi connectivity index (χ2v) is 3.76. The van der Waals surface area contributed by atoms with Gasteiger partial charge in [0.15, 0.2) is 0 Å². The Morgan fingerprint density at radius 2 is 2.43 bits per heavy atom. The Balaban J connectivity index is 2.29. The lowest BCUT2D eigenvalue weighted by Crippen LogP contribution is -2.48. The standard InChI is InChI=1S/C9H18N2O3/c1-7(10-2)8(12)11-5-9(13)3-4-14-6-9/h7,10,13H,3-6H2,1-2H3,(H,11,12). The summed E-state index contributed by atoms with van der Waals surface area (Å²) in [5.41, 5.74) is -0.872. The zero-order chi connectivity index (χ0) is 10.6. The van der Waals surface area contributed by atoms with E-state index in [4.69, 9.17) is 4.74 Å². The molecule has 5 heteroatoms. The molecular formula is C9H18N2O3. The van der Waals surface area contributed by atoms with Crippen molar-refractivity contribution in [2.45, 2.75) is 25.0 Å². The minimum atomic E-state index is -0.872. The summed E-state index contributed by atoms with van der Waals surface area (Å²) in [6.45, 7) is 2.90. The van der Waals surface area contributed by atoms with E-state index in [9.17, 15) is 9.90 Å². The number of aliphatic hydroxyl groups is 1. The average molecular weight is 202 g/mol. The van der Waals surface area contributed by atoms with Crippen LogP contribution in [0.4, 0.5) is 0 Å². The van der Waals surface area contributed by atoms with Crippen LogP contribution in [0.2, 0.25) is 0 Å². The van der Waals surface area contributed by atoms with Gasteiger partial charge in [-0.2, -0.15) is 0 Å². The smallest absolute Gasteiger partial charge is 0.236 e. The van der Waals surface area contributed by atoms with Gasteiger partial charge < -0.3 is 20.5 Å². The van der Waals surface area contributed by atoms with E-state index in [0.29, 0.717) is 19.6 Å². The quantitative estimate of drug-likeness (QED) is 0.539. The van der Waals surface area contributed by atoms with Crippen molar-refractivity contribution < 1.29 is 14.6 Å². The summed E-state index contributed by atoms with van der Waals surface area (Å²) < 4.78 is 5.06. The highest BCUT2D eigenvalue weighted by atomic mass is 16.5. The van der Waals surface area contributed by atoms with Gasteiger partial charge in [-0.25, -0.2) is 0 Å². The van der Waals surface area contributed by atoms with Crippen LogP contribution >= 0.6 is 0 Å². The Hall–Kier alpha value is -0.650. The summed E-state index contributed by atoms with van der Waals surface area (Å²) in [4.78, 5) is 11.3. The number of rotatable bonds is 4. The van der Waals surface area contributed by atoms with Gasteiger partial charge in [0.25, 0.3) is 0 Å². The van der Waals surface area contributed by atoms with Crippen LogP contribution in [0.1, 0.15) is 13.3 Å². The Bertz CT molecular complexity index is 202. The SMILES string of the molecule is CNC(C)C(=O)NCC1(O)CCOC1. The van der Waals surface area contributed by atoms with E-state index in [0.717, 1.165) is 0 Å². The molecule has 0 aliphatic carbocycles. The van der Waals surface area contributed by atoms with Crippen molar-refractivity contribution in [2.75, 3.05) is 26.8 Å². The number of amides is 1. The number of carbonyl (C=O) groups excluding carboxylic acids is 1. The third-order valence-electron chi connectivity index (χ3n) is 2.50. The predicted molar refractivity (Wildman–Crippen MR) is 51.9 cm³/mol. The van der Waals surface area contributed by atoms with Crippen molar-refractivity contribution in [1.29, 1.82) is 0 Å². The maximum atomic E-state index is 11.3. The highest BCUT2D eigenvalue weighted by molar-refractivity contribution is 5.81. The van der Waals surface area contributed by atoms with Crippen molar-refractivity contribution >= 4 is 5.91 Å². The van der Waals surface area contributed by atoms with Crippen LogP contribution in [-0.4, -0.2) is 49.5 Å². The topological polar surface area (TPSA) is 70.6 Å². The summed E-state index contributed by atoms with van der Waals surface area (Å²) in [6.07, 6.45) is 0.585. The van der Waals surface area contributed by atoms with Crippen LogP contribution in [0.5, 0.6) is 0 Å². The fraction of sp³-hybridized carbons (Fsp3) is 0.889. The molecule has 1 rings (SSSR count). The van der Waals surface area contributed by atoms with Gasteiger partial charge in [0.2, 0.25) is 5.91 Å². The normalized spacial score (nSPS) is 28.8. The molecule has 14 heavy (non-hydrogen) atoms. The van der Waals surface area contributed by atoms with Gasteiger partial charge in [-0.3, -0.25) is 4.79 Å². The summed E-state index contributed by atoms with van der Waals surface area (Å²) in [5.74, 6) is -0.104. The van der Waals surface area contributed by atoms with Crippen molar-refractivity contribution in [3.05, 3.63) is 0 Å². The molecule has 2 atom stereocenters. The third-order valence-corrected chi connectivity index (χ3v) is 2.50. The minimum absolute atomic E-state index is 0.104. The Morgan fingerprint density at radius 1 is 1.71 bits per heavy atom. The lowest BCUT2D eigenvalue weighted by molar-refractivity contribution is -0.123. The molecule has 0 aromatic heterocycles. The van der Waals surface area contributed by atoms with Gasteiger partial charge in [0, 0.05) is 19.6 Å². The van der Waals surface area contributed by atoms with Gasteiger partial charge in [0.05, 0.1) is 12.6 Å². The first-order chi connectivity index (χ1) is 6.57. The molecule has 0 spiro atoms. The molecule has 2 unspecified atom stereocenters. The Kier molecular flexibility index (Phi) is 3.86. The summed E-state index contributed by atoms with van der Waals surface area (Å²) >= 11 is 0. The van der Waals surface area contributed by atoms with Gasteiger partial charge in [-0.1, -0.05) is 0 Å². The molecule has 0 saturated carbocycles. The Morgan fingerprint density at radius 3 is 2.93 bits per heavy atom. The van der Waals surface area contributed by atoms with Gasteiger partial charge >= 0.3 is 0 Å². The minimum Gasteiger partial charge on any atom is -0.386 e. The van der Waals surface area contributed by atoms with E-state index >= 15 is 0 Å². The molecule has 1 amide bonds.